The van der Waals surface area contributed by atoms with Crippen LogP contribution in [0.2, 0.25) is 0 Å². The number of amides is 1. The normalized spacial score (nSPS) is 18.3. The number of phenols is 1. The van der Waals surface area contributed by atoms with E-state index in [1.165, 1.54) is 16.7 Å². The van der Waals surface area contributed by atoms with Crippen molar-refractivity contribution in [1.82, 2.24) is 5.32 Å². The van der Waals surface area contributed by atoms with Gasteiger partial charge in [0.05, 0.1) is 0 Å². The van der Waals surface area contributed by atoms with Crippen LogP contribution in [0.4, 0.5) is 0 Å². The van der Waals surface area contributed by atoms with Crippen LogP contribution in [-0.4, -0.2) is 29.9 Å². The summed E-state index contributed by atoms with van der Waals surface area (Å²) < 4.78 is 6.58. The molecule has 2 rings (SSSR count). The minimum atomic E-state index is -0.181. The van der Waals surface area contributed by atoms with Crippen molar-refractivity contribution >= 4 is 12.6 Å². The fraction of sp³-hybridized carbons (Fsp3) is 0.500. The highest BCUT2D eigenvalue weighted by molar-refractivity contribution is 5.92. The van der Waals surface area contributed by atoms with Crippen LogP contribution in [0.3, 0.4) is 0 Å². The molecule has 0 bridgehead atoms. The Balaban J connectivity index is 1.76. The first-order valence-corrected chi connectivity index (χ1v) is 14.9. The van der Waals surface area contributed by atoms with Crippen molar-refractivity contribution in [1.29, 1.82) is 0 Å². The molecule has 0 spiro atoms. The Bertz CT molecular complexity index is 1250. The van der Waals surface area contributed by atoms with Gasteiger partial charge in [0, 0.05) is 23.9 Å². The predicted octanol–water partition coefficient (Wildman–Crippen LogP) is 8.86. The smallest absolute Gasteiger partial charge is 0.246 e. The molecule has 5 nitrogen and oxygen atoms in total. The monoisotopic (exact) mass is 560 g/mol. The minimum Gasteiger partial charge on any atom is -0.507 e. The lowest BCUT2D eigenvalue weighted by atomic mass is 9.85. The lowest BCUT2D eigenvalue weighted by Gasteiger charge is -2.38. The van der Waals surface area contributed by atoms with Crippen LogP contribution in [-0.2, 0) is 11.2 Å². The maximum Gasteiger partial charge on any atom is 0.246 e. The standard InChI is InChI=1S/C36H52N2O3/c1-25(16-11-19-28(4)35(40)38-24-27(3)18-13-23-37-9)14-10-15-26(2)17-12-21-36(8)22-20-32-31(7)33(39)29(5)30(6)34(32)41-36/h13-14,17-19,23,39H,9-12,15-16,20-22,24H2,1-8H3,(H,38,40)/b23-13-,25-14+,26-17+,27-18+,28-19+. The third kappa shape index (κ3) is 10.5. The molecule has 5 heteroatoms. The van der Waals surface area contributed by atoms with Gasteiger partial charge in [-0.1, -0.05) is 41.0 Å². The molecule has 1 amide bonds. The van der Waals surface area contributed by atoms with Gasteiger partial charge in [-0.05, 0) is 136 Å². The average Bonchev–Trinajstić information content (AvgIpc) is 2.93. The summed E-state index contributed by atoms with van der Waals surface area (Å²) >= 11 is 0. The van der Waals surface area contributed by atoms with Gasteiger partial charge in [0.2, 0.25) is 5.91 Å². The first-order chi connectivity index (χ1) is 19.4. The zero-order chi connectivity index (χ0) is 30.6. The van der Waals surface area contributed by atoms with Crippen LogP contribution >= 0.6 is 0 Å². The largest absolute Gasteiger partial charge is 0.507 e. The molecule has 1 aromatic rings. The van der Waals surface area contributed by atoms with Crippen molar-refractivity contribution in [2.24, 2.45) is 4.99 Å². The van der Waals surface area contributed by atoms with E-state index in [1.54, 1.807) is 6.20 Å². The fourth-order valence-electron chi connectivity index (χ4n) is 5.14. The number of hydrogen-bond donors (Lipinski definition) is 2. The molecule has 1 unspecified atom stereocenters. The zero-order valence-corrected chi connectivity index (χ0v) is 26.7. The summed E-state index contributed by atoms with van der Waals surface area (Å²) in [6.07, 6.45) is 19.9. The summed E-state index contributed by atoms with van der Waals surface area (Å²) in [7, 11) is 0. The molecule has 2 N–H and O–H groups in total. The van der Waals surface area contributed by atoms with E-state index >= 15 is 0 Å². The van der Waals surface area contributed by atoms with Gasteiger partial charge in [0.1, 0.15) is 17.1 Å². The fourth-order valence-corrected chi connectivity index (χ4v) is 5.14. The van der Waals surface area contributed by atoms with Crippen LogP contribution < -0.4 is 10.1 Å². The Kier molecular flexibility index (Phi) is 13.4. The van der Waals surface area contributed by atoms with Crippen molar-refractivity contribution < 1.29 is 14.6 Å². The van der Waals surface area contributed by atoms with Gasteiger partial charge in [-0.15, -0.1) is 0 Å². The average molecular weight is 561 g/mol. The number of aromatic hydroxyl groups is 1. The second-order valence-corrected chi connectivity index (χ2v) is 11.9. The summed E-state index contributed by atoms with van der Waals surface area (Å²) in [6.45, 7) is 20.4. The molecule has 0 aliphatic carbocycles. The maximum absolute atomic E-state index is 12.3. The van der Waals surface area contributed by atoms with Gasteiger partial charge in [0.25, 0.3) is 0 Å². The number of allylic oxidation sites excluding steroid dienone is 7. The molecule has 0 saturated heterocycles. The molecule has 0 radical (unpaired) electrons. The van der Waals surface area contributed by atoms with Gasteiger partial charge in [0.15, 0.2) is 0 Å². The van der Waals surface area contributed by atoms with Crippen LogP contribution in [0, 0.1) is 20.8 Å². The van der Waals surface area contributed by atoms with Crippen LogP contribution in [0.5, 0.6) is 11.5 Å². The van der Waals surface area contributed by atoms with Crippen molar-refractivity contribution in [3.63, 3.8) is 0 Å². The number of aliphatic imine (C=N–C) groups is 1. The Labute approximate surface area is 248 Å². The number of nitrogens with one attached hydrogen (secondary N) is 1. The third-order valence-corrected chi connectivity index (χ3v) is 8.24. The molecule has 0 fully saturated rings. The van der Waals surface area contributed by atoms with Crippen LogP contribution in [0.1, 0.15) is 102 Å². The third-order valence-electron chi connectivity index (χ3n) is 8.24. The number of ether oxygens (including phenoxy) is 1. The van der Waals surface area contributed by atoms with Crippen LogP contribution in [0.25, 0.3) is 0 Å². The second-order valence-electron chi connectivity index (χ2n) is 11.9. The topological polar surface area (TPSA) is 70.9 Å². The number of carbonyl (C=O) groups excluding carboxylic acids is 1. The molecule has 41 heavy (non-hydrogen) atoms. The second kappa shape index (κ2) is 16.2. The number of hydrogen-bond acceptors (Lipinski definition) is 4. The lowest BCUT2D eigenvalue weighted by molar-refractivity contribution is -0.117. The summed E-state index contributed by atoms with van der Waals surface area (Å²) in [5.41, 5.74) is 8.51. The molecule has 224 valence electrons. The molecule has 0 aromatic heterocycles. The quantitative estimate of drug-likeness (QED) is 0.103. The van der Waals surface area contributed by atoms with E-state index in [0.29, 0.717) is 12.3 Å². The van der Waals surface area contributed by atoms with Gasteiger partial charge >= 0.3 is 0 Å². The first-order valence-electron chi connectivity index (χ1n) is 14.9. The molecule has 1 atom stereocenters. The minimum absolute atomic E-state index is 0.0256. The number of phenolic OH excluding ortho intramolecular Hbond substituents is 1. The van der Waals surface area contributed by atoms with E-state index < -0.39 is 0 Å². The van der Waals surface area contributed by atoms with Crippen molar-refractivity contribution in [3.05, 3.63) is 81.1 Å². The van der Waals surface area contributed by atoms with E-state index in [1.807, 2.05) is 45.9 Å². The molecular formula is C36H52N2O3. The van der Waals surface area contributed by atoms with E-state index in [-0.39, 0.29) is 11.5 Å². The zero-order valence-electron chi connectivity index (χ0n) is 26.7. The predicted molar refractivity (Wildman–Crippen MR) is 174 cm³/mol. The molecule has 1 aliphatic rings. The Morgan fingerprint density at radius 1 is 0.976 bits per heavy atom. The number of fused-ring (bicyclic) bond motifs is 1. The first kappa shape index (κ1) is 33.9. The molecule has 1 heterocycles. The van der Waals surface area contributed by atoms with Gasteiger partial charge in [-0.3, -0.25) is 9.79 Å². The summed E-state index contributed by atoms with van der Waals surface area (Å²) in [6, 6.07) is 0. The Hall–Kier alpha value is -3.34. The molecule has 0 saturated carbocycles. The Morgan fingerprint density at radius 3 is 2.27 bits per heavy atom. The molecule has 1 aliphatic heterocycles. The van der Waals surface area contributed by atoms with Gasteiger partial charge in [-0.25, -0.2) is 0 Å². The maximum atomic E-state index is 12.3. The van der Waals surface area contributed by atoms with E-state index in [2.05, 4.69) is 56.9 Å². The number of nitrogens with zero attached hydrogens (tertiary/aromatic N) is 1. The van der Waals surface area contributed by atoms with Crippen LogP contribution in [0.15, 0.2) is 63.9 Å². The van der Waals surface area contributed by atoms with Crippen molar-refractivity contribution in [3.8, 4) is 11.5 Å². The van der Waals surface area contributed by atoms with E-state index in [4.69, 9.17) is 4.74 Å². The Morgan fingerprint density at radius 2 is 1.61 bits per heavy atom. The summed E-state index contributed by atoms with van der Waals surface area (Å²) in [4.78, 5) is 16.0. The van der Waals surface area contributed by atoms with Gasteiger partial charge in [-0.2, -0.15) is 0 Å². The number of rotatable bonds is 14. The number of benzene rings is 1. The SMILES string of the molecule is C=N/C=C\C=C(/C)CNC(=O)/C(C)=C/CC/C(C)=C/CC/C(C)=C/CCC1(C)CCc2c(C)c(O)c(C)c(C)c2O1. The van der Waals surface area contributed by atoms with Gasteiger partial charge < -0.3 is 15.2 Å². The molecule has 1 aromatic carbocycles. The molecular weight excluding hydrogens is 508 g/mol. The summed E-state index contributed by atoms with van der Waals surface area (Å²) in [5.74, 6) is 1.37. The summed E-state index contributed by atoms with van der Waals surface area (Å²) in [5, 5.41) is 13.4. The highest BCUT2D eigenvalue weighted by Crippen LogP contribution is 2.44. The number of carbonyl (C=O) groups is 1. The highest BCUT2D eigenvalue weighted by atomic mass is 16.5. The van der Waals surface area contributed by atoms with E-state index in [9.17, 15) is 9.90 Å². The van der Waals surface area contributed by atoms with Crippen molar-refractivity contribution in [2.45, 2.75) is 112 Å². The van der Waals surface area contributed by atoms with E-state index in [0.717, 1.165) is 85.0 Å². The lowest BCUT2D eigenvalue weighted by Crippen LogP contribution is -2.37. The highest BCUT2D eigenvalue weighted by Gasteiger charge is 2.33. The van der Waals surface area contributed by atoms with Crippen molar-refractivity contribution in [2.75, 3.05) is 6.54 Å².